The molecule has 4 amide bonds. The van der Waals surface area contributed by atoms with Gasteiger partial charge in [0.05, 0.1) is 17.3 Å². The molecule has 1 atom stereocenters. The van der Waals surface area contributed by atoms with Gasteiger partial charge in [-0.3, -0.25) is 34.3 Å². The Hall–Kier alpha value is -5.70. The van der Waals surface area contributed by atoms with Crippen molar-refractivity contribution in [3.05, 3.63) is 82.1 Å². The highest BCUT2D eigenvalue weighted by molar-refractivity contribution is 6.23. The Morgan fingerprint density at radius 1 is 0.846 bits per heavy atom. The minimum absolute atomic E-state index is 0.0738. The summed E-state index contributed by atoms with van der Waals surface area (Å²) in [5.41, 5.74) is 2.09. The molecule has 0 spiro atoms. The van der Waals surface area contributed by atoms with E-state index in [1.165, 1.54) is 12.3 Å². The van der Waals surface area contributed by atoms with Crippen molar-refractivity contribution < 1.29 is 28.0 Å². The van der Waals surface area contributed by atoms with Crippen LogP contribution in [0.5, 0.6) is 0 Å². The number of benzene rings is 2. The van der Waals surface area contributed by atoms with Crippen LogP contribution in [0.15, 0.2) is 63.9 Å². The van der Waals surface area contributed by atoms with Crippen LogP contribution in [0.2, 0.25) is 0 Å². The zero-order chi connectivity index (χ0) is 35.9. The molecular weight excluding hydrogens is 671 g/mol. The quantitative estimate of drug-likeness (QED) is 0.203. The Morgan fingerprint density at radius 3 is 2.42 bits per heavy atom. The zero-order valence-electron chi connectivity index (χ0n) is 28.3. The van der Waals surface area contributed by atoms with Crippen LogP contribution >= 0.6 is 0 Å². The molecule has 268 valence electrons. The summed E-state index contributed by atoms with van der Waals surface area (Å²) in [7, 11) is 0. The van der Waals surface area contributed by atoms with Gasteiger partial charge >= 0.3 is 5.63 Å². The van der Waals surface area contributed by atoms with Gasteiger partial charge in [0.25, 0.3) is 11.8 Å². The summed E-state index contributed by atoms with van der Waals surface area (Å²) in [4.78, 5) is 78.3. The van der Waals surface area contributed by atoms with E-state index < -0.39 is 41.1 Å². The SMILES string of the molecule is O=C1CCC(N2C(=O)c3ccc(N4CCC(CCN5CCN(c6ncc(F)c(Nc7ccc8oc(=O)ccc8c7)n6)CC5)CC4)cc3C2=O)C(=O)N1. The number of hydrogen-bond acceptors (Lipinski definition) is 12. The Kier molecular flexibility index (Phi) is 8.87. The third-order valence-electron chi connectivity index (χ3n) is 10.5. The maximum atomic E-state index is 14.7. The average molecular weight is 709 g/mol. The fraction of sp³-hybridized carbons (Fsp3) is 0.378. The van der Waals surface area contributed by atoms with Gasteiger partial charge in [0.15, 0.2) is 11.6 Å². The van der Waals surface area contributed by atoms with E-state index in [0.29, 0.717) is 34.1 Å². The second-order valence-corrected chi connectivity index (χ2v) is 13.7. The first kappa shape index (κ1) is 33.4. The molecule has 4 aliphatic rings. The Balaban J connectivity index is 0.810. The number of anilines is 4. The lowest BCUT2D eigenvalue weighted by atomic mass is 9.92. The summed E-state index contributed by atoms with van der Waals surface area (Å²) < 4.78 is 19.9. The van der Waals surface area contributed by atoms with Crippen LogP contribution in [0.25, 0.3) is 11.0 Å². The zero-order valence-corrected chi connectivity index (χ0v) is 28.3. The molecule has 52 heavy (non-hydrogen) atoms. The van der Waals surface area contributed by atoms with Crippen LogP contribution in [-0.2, 0) is 9.59 Å². The number of hydrogen-bond donors (Lipinski definition) is 2. The topological polar surface area (TPSA) is 161 Å². The highest BCUT2D eigenvalue weighted by atomic mass is 19.1. The van der Waals surface area contributed by atoms with Crippen molar-refractivity contribution in [2.45, 2.75) is 38.1 Å². The number of halogens is 1. The number of piperazine rings is 1. The lowest BCUT2D eigenvalue weighted by Gasteiger charge is -2.37. The van der Waals surface area contributed by atoms with Crippen LogP contribution in [0.3, 0.4) is 0 Å². The molecule has 2 aromatic carbocycles. The fourth-order valence-corrected chi connectivity index (χ4v) is 7.56. The van der Waals surface area contributed by atoms with Gasteiger partial charge in [-0.05, 0) is 80.6 Å². The highest BCUT2D eigenvalue weighted by Crippen LogP contribution is 2.33. The minimum atomic E-state index is -0.977. The molecule has 4 aromatic rings. The van der Waals surface area contributed by atoms with Crippen LogP contribution in [-0.4, -0.2) is 95.3 Å². The van der Waals surface area contributed by atoms with Gasteiger partial charge in [0.1, 0.15) is 11.6 Å². The van der Waals surface area contributed by atoms with Crippen molar-refractivity contribution in [3.63, 3.8) is 0 Å². The van der Waals surface area contributed by atoms with Gasteiger partial charge in [-0.2, -0.15) is 4.98 Å². The number of nitrogens with one attached hydrogen (secondary N) is 2. The Labute approximate surface area is 297 Å². The monoisotopic (exact) mass is 708 g/mol. The summed E-state index contributed by atoms with van der Waals surface area (Å²) in [6.07, 6.45) is 4.49. The van der Waals surface area contributed by atoms with E-state index in [9.17, 15) is 28.4 Å². The molecule has 4 aliphatic heterocycles. The summed E-state index contributed by atoms with van der Waals surface area (Å²) in [6, 6.07) is 12.4. The van der Waals surface area contributed by atoms with Crippen molar-refractivity contribution in [2.24, 2.45) is 5.92 Å². The smallest absolute Gasteiger partial charge is 0.336 e. The number of aromatic nitrogens is 2. The molecule has 0 radical (unpaired) electrons. The summed E-state index contributed by atoms with van der Waals surface area (Å²) in [5.74, 6) is -1.46. The molecule has 1 unspecified atom stereocenters. The molecule has 2 aromatic heterocycles. The van der Waals surface area contributed by atoms with E-state index in [2.05, 4.69) is 35.3 Å². The number of amides is 4. The average Bonchev–Trinajstić information content (AvgIpc) is 3.40. The third-order valence-corrected chi connectivity index (χ3v) is 10.5. The second kappa shape index (κ2) is 13.8. The number of carbonyl (C=O) groups is 4. The molecule has 15 heteroatoms. The minimum Gasteiger partial charge on any atom is -0.423 e. The Morgan fingerprint density at radius 2 is 1.63 bits per heavy atom. The molecule has 3 fully saturated rings. The van der Waals surface area contributed by atoms with E-state index in [0.717, 1.165) is 75.7 Å². The van der Waals surface area contributed by atoms with Crippen molar-refractivity contribution in [2.75, 3.05) is 60.9 Å². The Bertz CT molecular complexity index is 2140. The molecule has 0 bridgehead atoms. The normalized spacial score (nSPS) is 20.1. The van der Waals surface area contributed by atoms with Crippen LogP contribution in [0.1, 0.15) is 52.8 Å². The molecule has 2 N–H and O–H groups in total. The predicted octanol–water partition coefficient (Wildman–Crippen LogP) is 3.30. The molecule has 0 saturated carbocycles. The molecule has 0 aliphatic carbocycles. The number of rotatable bonds is 8. The molecule has 14 nitrogen and oxygen atoms in total. The number of imide groups is 2. The maximum Gasteiger partial charge on any atom is 0.336 e. The van der Waals surface area contributed by atoms with Crippen molar-refractivity contribution in [3.8, 4) is 0 Å². The van der Waals surface area contributed by atoms with E-state index >= 15 is 0 Å². The van der Waals surface area contributed by atoms with Gasteiger partial charge in [-0.15, -0.1) is 0 Å². The number of nitrogens with zero attached hydrogens (tertiary/aromatic N) is 6. The lowest BCUT2D eigenvalue weighted by molar-refractivity contribution is -0.136. The van der Waals surface area contributed by atoms with Crippen LogP contribution in [0.4, 0.5) is 27.5 Å². The molecular formula is C37H37FN8O6. The van der Waals surface area contributed by atoms with Gasteiger partial charge < -0.3 is 19.5 Å². The molecule has 8 rings (SSSR count). The number of fused-ring (bicyclic) bond motifs is 2. The van der Waals surface area contributed by atoms with E-state index in [4.69, 9.17) is 4.42 Å². The van der Waals surface area contributed by atoms with Crippen molar-refractivity contribution in [1.82, 2.24) is 25.1 Å². The fourth-order valence-electron chi connectivity index (χ4n) is 7.56. The first-order valence-electron chi connectivity index (χ1n) is 17.6. The first-order chi connectivity index (χ1) is 25.2. The summed E-state index contributed by atoms with van der Waals surface area (Å²) in [5, 5.41) is 5.97. The highest BCUT2D eigenvalue weighted by Gasteiger charge is 2.44. The van der Waals surface area contributed by atoms with Gasteiger partial charge in [0.2, 0.25) is 17.8 Å². The van der Waals surface area contributed by atoms with Gasteiger partial charge in [-0.25, -0.2) is 14.2 Å². The second-order valence-electron chi connectivity index (χ2n) is 13.7. The number of piperidine rings is 2. The maximum absolute atomic E-state index is 14.7. The predicted molar refractivity (Wildman–Crippen MR) is 189 cm³/mol. The number of carbonyl (C=O) groups excluding carboxylic acids is 4. The largest absolute Gasteiger partial charge is 0.423 e. The van der Waals surface area contributed by atoms with Gasteiger partial charge in [-0.1, -0.05) is 0 Å². The molecule has 3 saturated heterocycles. The standard InChI is InChI=1S/C37H37FN8O6/c38-28-21-39-37(42-33(28)40-24-2-6-30-23(19-24)1-8-32(48)52-30)45-17-15-43(16-18-45)12-9-22-10-13-44(14-11-22)25-3-4-26-27(20-25)36(51)46(35(26)50)29-5-7-31(47)41-34(29)49/h1-4,6,8,19-22,29H,5,7,9-18H2,(H,39,40,42)(H,41,47,49). The van der Waals surface area contributed by atoms with Crippen molar-refractivity contribution in [1.29, 1.82) is 0 Å². The van der Waals surface area contributed by atoms with E-state index in [-0.39, 0.29) is 24.2 Å². The van der Waals surface area contributed by atoms with Gasteiger partial charge in [0, 0.05) is 68.5 Å². The van der Waals surface area contributed by atoms with E-state index in [1.807, 2.05) is 6.07 Å². The summed E-state index contributed by atoms with van der Waals surface area (Å²) >= 11 is 0. The first-order valence-corrected chi connectivity index (χ1v) is 17.6. The third kappa shape index (κ3) is 6.59. The lowest BCUT2D eigenvalue weighted by Crippen LogP contribution is -2.54. The summed E-state index contributed by atoms with van der Waals surface area (Å²) in [6.45, 7) is 5.78. The molecule has 6 heterocycles. The van der Waals surface area contributed by atoms with Crippen LogP contribution < -0.4 is 26.1 Å². The van der Waals surface area contributed by atoms with E-state index in [1.54, 1.807) is 36.4 Å². The van der Waals surface area contributed by atoms with Crippen molar-refractivity contribution >= 4 is 57.7 Å². The van der Waals surface area contributed by atoms with Crippen LogP contribution in [0, 0.1) is 11.7 Å².